The summed E-state index contributed by atoms with van der Waals surface area (Å²) in [5, 5.41) is 0. The average molecular weight is 252 g/mol. The second-order valence-electron chi connectivity index (χ2n) is 5.25. The fourth-order valence-corrected chi connectivity index (χ4v) is 2.08. The van der Waals surface area contributed by atoms with Crippen molar-refractivity contribution in [2.75, 3.05) is 26.2 Å². The fraction of sp³-hybridized carbons (Fsp3) is 0.714. The maximum absolute atomic E-state index is 12.0. The van der Waals surface area contributed by atoms with E-state index in [0.29, 0.717) is 32.0 Å². The monoisotopic (exact) mass is 252 g/mol. The predicted octanol–water partition coefficient (Wildman–Crippen LogP) is 1.67. The van der Waals surface area contributed by atoms with E-state index >= 15 is 0 Å². The smallest absolute Gasteiger partial charge is 0.249 e. The first-order valence-corrected chi connectivity index (χ1v) is 6.65. The van der Waals surface area contributed by atoms with Gasteiger partial charge in [-0.15, -0.1) is 0 Å². The van der Waals surface area contributed by atoms with Gasteiger partial charge in [0.05, 0.1) is 0 Å². The molecule has 0 unspecified atom stereocenters. The van der Waals surface area contributed by atoms with Crippen LogP contribution in [0.1, 0.15) is 34.1 Å². The molecule has 1 heterocycles. The van der Waals surface area contributed by atoms with Gasteiger partial charge in [0.25, 0.3) is 0 Å². The minimum atomic E-state index is 0.0525. The standard InChI is InChI=1S/C14H24N2O2/c1-5-12(4)14(18)15-7-6-13(17)16(9-8-15)10-11(2)3/h5,11H,6-10H2,1-4H3/b12-5+. The van der Waals surface area contributed by atoms with E-state index in [4.69, 9.17) is 0 Å². The highest BCUT2D eigenvalue weighted by Crippen LogP contribution is 2.10. The van der Waals surface area contributed by atoms with Crippen molar-refractivity contribution in [1.82, 2.24) is 9.80 Å². The van der Waals surface area contributed by atoms with Crippen molar-refractivity contribution < 1.29 is 9.59 Å². The normalized spacial score (nSPS) is 18.3. The van der Waals surface area contributed by atoms with E-state index in [9.17, 15) is 9.59 Å². The molecule has 102 valence electrons. The van der Waals surface area contributed by atoms with Crippen LogP contribution >= 0.6 is 0 Å². The maximum atomic E-state index is 12.0. The molecule has 0 aliphatic carbocycles. The van der Waals surface area contributed by atoms with Crippen LogP contribution in [0.5, 0.6) is 0 Å². The van der Waals surface area contributed by atoms with Crippen LogP contribution in [0.15, 0.2) is 11.6 Å². The molecule has 1 aliphatic heterocycles. The molecule has 1 rings (SSSR count). The predicted molar refractivity (Wildman–Crippen MR) is 72.0 cm³/mol. The van der Waals surface area contributed by atoms with Gasteiger partial charge in [-0.25, -0.2) is 0 Å². The quantitative estimate of drug-likeness (QED) is 0.717. The first kappa shape index (κ1) is 14.7. The number of carbonyl (C=O) groups excluding carboxylic acids is 2. The first-order valence-electron chi connectivity index (χ1n) is 6.65. The Morgan fingerprint density at radius 1 is 1.33 bits per heavy atom. The maximum Gasteiger partial charge on any atom is 0.249 e. The number of carbonyl (C=O) groups is 2. The van der Waals surface area contributed by atoms with Crippen molar-refractivity contribution in [2.24, 2.45) is 5.92 Å². The highest BCUT2D eigenvalue weighted by atomic mass is 16.2. The molecule has 2 amide bonds. The molecule has 4 nitrogen and oxygen atoms in total. The third kappa shape index (κ3) is 3.86. The fourth-order valence-electron chi connectivity index (χ4n) is 2.08. The van der Waals surface area contributed by atoms with Gasteiger partial charge in [-0.2, -0.15) is 0 Å². The van der Waals surface area contributed by atoms with Crippen molar-refractivity contribution in [1.29, 1.82) is 0 Å². The summed E-state index contributed by atoms with van der Waals surface area (Å²) in [5.41, 5.74) is 0.750. The van der Waals surface area contributed by atoms with Gasteiger partial charge in [0.2, 0.25) is 11.8 Å². The second-order valence-corrected chi connectivity index (χ2v) is 5.25. The average Bonchev–Trinajstić information content (AvgIpc) is 2.50. The van der Waals surface area contributed by atoms with Crippen LogP contribution in [0, 0.1) is 5.92 Å². The Morgan fingerprint density at radius 2 is 2.00 bits per heavy atom. The van der Waals surface area contributed by atoms with E-state index in [2.05, 4.69) is 13.8 Å². The summed E-state index contributed by atoms with van der Waals surface area (Å²) in [7, 11) is 0. The summed E-state index contributed by atoms with van der Waals surface area (Å²) in [6.07, 6.45) is 2.26. The number of hydrogen-bond acceptors (Lipinski definition) is 2. The number of amides is 2. The van der Waals surface area contributed by atoms with Crippen LogP contribution in [0.2, 0.25) is 0 Å². The van der Waals surface area contributed by atoms with Gasteiger partial charge in [0.15, 0.2) is 0 Å². The van der Waals surface area contributed by atoms with Gasteiger partial charge >= 0.3 is 0 Å². The SMILES string of the molecule is C/C=C(\C)C(=O)N1CCC(=O)N(CC(C)C)CC1. The molecule has 0 saturated carbocycles. The number of nitrogens with zero attached hydrogens (tertiary/aromatic N) is 2. The highest BCUT2D eigenvalue weighted by Gasteiger charge is 2.24. The molecule has 0 bridgehead atoms. The molecule has 1 saturated heterocycles. The van der Waals surface area contributed by atoms with Crippen molar-refractivity contribution in [3.8, 4) is 0 Å². The molecule has 1 fully saturated rings. The molecule has 1 aliphatic rings. The lowest BCUT2D eigenvalue weighted by Gasteiger charge is -2.23. The summed E-state index contributed by atoms with van der Waals surface area (Å²) in [6, 6.07) is 0. The molecule has 0 spiro atoms. The van der Waals surface area contributed by atoms with E-state index in [0.717, 1.165) is 12.1 Å². The van der Waals surface area contributed by atoms with Crippen molar-refractivity contribution >= 4 is 11.8 Å². The molecular weight excluding hydrogens is 228 g/mol. The topological polar surface area (TPSA) is 40.6 Å². The Hall–Kier alpha value is -1.32. The second kappa shape index (κ2) is 6.57. The summed E-state index contributed by atoms with van der Waals surface area (Å²) < 4.78 is 0. The van der Waals surface area contributed by atoms with Gasteiger partial charge in [0.1, 0.15) is 0 Å². The number of hydrogen-bond donors (Lipinski definition) is 0. The minimum Gasteiger partial charge on any atom is -0.341 e. The lowest BCUT2D eigenvalue weighted by molar-refractivity contribution is -0.130. The molecule has 4 heteroatoms. The van der Waals surface area contributed by atoms with Crippen LogP contribution in [-0.4, -0.2) is 47.8 Å². The minimum absolute atomic E-state index is 0.0525. The van der Waals surface area contributed by atoms with Crippen LogP contribution < -0.4 is 0 Å². The van der Waals surface area contributed by atoms with E-state index < -0.39 is 0 Å². The largest absolute Gasteiger partial charge is 0.341 e. The lowest BCUT2D eigenvalue weighted by Crippen LogP contribution is -2.37. The highest BCUT2D eigenvalue weighted by molar-refractivity contribution is 5.93. The Morgan fingerprint density at radius 3 is 2.56 bits per heavy atom. The molecule has 0 aromatic carbocycles. The number of allylic oxidation sites excluding steroid dienone is 1. The third-order valence-corrected chi connectivity index (χ3v) is 3.23. The van der Waals surface area contributed by atoms with Crippen LogP contribution in [0.4, 0.5) is 0 Å². The summed E-state index contributed by atoms with van der Waals surface area (Å²) in [6.45, 7) is 10.5. The zero-order valence-corrected chi connectivity index (χ0v) is 11.9. The number of rotatable bonds is 3. The zero-order valence-electron chi connectivity index (χ0n) is 11.9. The van der Waals surface area contributed by atoms with Crippen LogP contribution in [-0.2, 0) is 9.59 Å². The first-order chi connectivity index (χ1) is 8.45. The molecule has 0 atom stereocenters. The summed E-state index contributed by atoms with van der Waals surface area (Å²) in [4.78, 5) is 27.6. The summed E-state index contributed by atoms with van der Waals surface area (Å²) in [5.74, 6) is 0.683. The van der Waals surface area contributed by atoms with Gasteiger partial charge in [0, 0.05) is 38.2 Å². The molecule has 18 heavy (non-hydrogen) atoms. The van der Waals surface area contributed by atoms with Crippen LogP contribution in [0.25, 0.3) is 0 Å². The van der Waals surface area contributed by atoms with Gasteiger partial charge in [-0.05, 0) is 19.8 Å². The molecule has 0 radical (unpaired) electrons. The lowest BCUT2D eigenvalue weighted by atomic mass is 10.2. The van der Waals surface area contributed by atoms with Gasteiger partial charge in [-0.1, -0.05) is 19.9 Å². The van der Waals surface area contributed by atoms with Crippen molar-refractivity contribution in [3.63, 3.8) is 0 Å². The molecule has 0 aromatic rings. The molecule has 0 N–H and O–H groups in total. The van der Waals surface area contributed by atoms with Crippen molar-refractivity contribution in [3.05, 3.63) is 11.6 Å². The third-order valence-electron chi connectivity index (χ3n) is 3.23. The van der Waals surface area contributed by atoms with Crippen molar-refractivity contribution in [2.45, 2.75) is 34.1 Å². The Bertz CT molecular complexity index is 348. The molecule has 0 aromatic heterocycles. The van der Waals surface area contributed by atoms with Crippen LogP contribution in [0.3, 0.4) is 0 Å². The Balaban J connectivity index is 2.65. The Kier molecular flexibility index (Phi) is 5.38. The zero-order chi connectivity index (χ0) is 13.7. The Labute approximate surface area is 110 Å². The van der Waals surface area contributed by atoms with E-state index in [1.165, 1.54) is 0 Å². The van der Waals surface area contributed by atoms with E-state index in [1.54, 1.807) is 4.90 Å². The van der Waals surface area contributed by atoms with E-state index in [-0.39, 0.29) is 11.8 Å². The van der Waals surface area contributed by atoms with E-state index in [1.807, 2.05) is 24.8 Å². The summed E-state index contributed by atoms with van der Waals surface area (Å²) >= 11 is 0. The molecular formula is C14H24N2O2. The van der Waals surface area contributed by atoms with Gasteiger partial charge < -0.3 is 9.80 Å². The van der Waals surface area contributed by atoms with Gasteiger partial charge in [-0.3, -0.25) is 9.59 Å².